The lowest BCUT2D eigenvalue weighted by molar-refractivity contribution is -0.121. The van der Waals surface area contributed by atoms with Gasteiger partial charge in [-0.25, -0.2) is 0 Å². The average molecular weight is 289 g/mol. The molecule has 0 aliphatic heterocycles. The van der Waals surface area contributed by atoms with E-state index in [1.54, 1.807) is 6.07 Å². The molecule has 3 N–H and O–H groups in total. The summed E-state index contributed by atoms with van der Waals surface area (Å²) in [5, 5.41) is 2.96. The maximum atomic E-state index is 12.4. The zero-order valence-corrected chi connectivity index (χ0v) is 13.1. The summed E-state index contributed by atoms with van der Waals surface area (Å²) in [6.07, 6.45) is 7.61. The number of nitrogens with two attached hydrogens (primary N) is 1. The normalized spacial score (nSPS) is 18.2. The lowest BCUT2D eigenvalue weighted by Crippen LogP contribution is -2.45. The number of nitrogens with zero attached hydrogens (tertiary/aromatic N) is 1. The van der Waals surface area contributed by atoms with Crippen molar-refractivity contribution in [2.24, 2.45) is 0 Å². The molecule has 4 heteroatoms. The van der Waals surface area contributed by atoms with Gasteiger partial charge in [-0.15, -0.1) is 0 Å². The van der Waals surface area contributed by atoms with Gasteiger partial charge in [0.2, 0.25) is 5.91 Å². The van der Waals surface area contributed by atoms with E-state index in [1.165, 1.54) is 38.5 Å². The first-order valence-electron chi connectivity index (χ1n) is 7.96. The number of carbonyl (C=O) groups is 1. The minimum Gasteiger partial charge on any atom is -0.399 e. The van der Waals surface area contributed by atoms with Gasteiger partial charge in [0, 0.05) is 17.4 Å². The molecule has 1 saturated carbocycles. The summed E-state index contributed by atoms with van der Waals surface area (Å²) in [6, 6.07) is 7.72. The van der Waals surface area contributed by atoms with Crippen LogP contribution in [0.2, 0.25) is 0 Å². The zero-order chi connectivity index (χ0) is 15.2. The van der Waals surface area contributed by atoms with Crippen molar-refractivity contribution in [1.82, 2.24) is 4.90 Å². The van der Waals surface area contributed by atoms with Crippen molar-refractivity contribution in [3.8, 4) is 0 Å². The van der Waals surface area contributed by atoms with E-state index in [-0.39, 0.29) is 11.9 Å². The molecule has 1 aliphatic rings. The van der Waals surface area contributed by atoms with E-state index in [9.17, 15) is 4.79 Å². The van der Waals surface area contributed by atoms with Gasteiger partial charge in [-0.3, -0.25) is 9.69 Å². The molecule has 1 unspecified atom stereocenters. The number of rotatable bonds is 4. The largest absolute Gasteiger partial charge is 0.399 e. The van der Waals surface area contributed by atoms with Gasteiger partial charge in [-0.2, -0.15) is 0 Å². The third-order valence-electron chi connectivity index (χ3n) is 4.55. The first-order valence-corrected chi connectivity index (χ1v) is 7.96. The molecule has 0 heterocycles. The Morgan fingerprint density at radius 2 is 1.95 bits per heavy atom. The second kappa shape index (κ2) is 7.46. The fourth-order valence-electron chi connectivity index (χ4n) is 3.03. The molecular formula is C17H27N3O. The molecular weight excluding hydrogens is 262 g/mol. The minimum atomic E-state index is -0.130. The molecule has 4 nitrogen and oxygen atoms in total. The second-order valence-corrected chi connectivity index (χ2v) is 6.10. The standard InChI is InChI=1S/C17H27N3O/c1-13(20(2)16-10-5-3-4-6-11-16)17(21)19-15-9-7-8-14(18)12-15/h7-9,12-13,16H,3-6,10-11,18H2,1-2H3,(H,19,21). The van der Waals surface area contributed by atoms with Crippen LogP contribution in [0.15, 0.2) is 24.3 Å². The summed E-state index contributed by atoms with van der Waals surface area (Å²) in [5.41, 5.74) is 7.17. The number of hydrogen-bond donors (Lipinski definition) is 2. The van der Waals surface area contributed by atoms with E-state index >= 15 is 0 Å². The maximum Gasteiger partial charge on any atom is 0.241 e. The Balaban J connectivity index is 1.94. The van der Waals surface area contributed by atoms with E-state index in [2.05, 4.69) is 17.3 Å². The molecule has 1 aromatic rings. The summed E-state index contributed by atoms with van der Waals surface area (Å²) >= 11 is 0. The number of carbonyl (C=O) groups excluding carboxylic acids is 1. The van der Waals surface area contributed by atoms with Gasteiger partial charge in [-0.1, -0.05) is 31.7 Å². The lowest BCUT2D eigenvalue weighted by Gasteiger charge is -2.31. The number of amides is 1. The minimum absolute atomic E-state index is 0.0346. The third-order valence-corrected chi connectivity index (χ3v) is 4.55. The molecule has 21 heavy (non-hydrogen) atoms. The highest BCUT2D eigenvalue weighted by molar-refractivity contribution is 5.94. The van der Waals surface area contributed by atoms with Gasteiger partial charge >= 0.3 is 0 Å². The number of benzene rings is 1. The summed E-state index contributed by atoms with van der Waals surface area (Å²) in [7, 11) is 2.07. The third kappa shape index (κ3) is 4.46. The quantitative estimate of drug-likeness (QED) is 0.661. The van der Waals surface area contributed by atoms with Gasteiger partial charge in [0.1, 0.15) is 0 Å². The van der Waals surface area contributed by atoms with Crippen LogP contribution in [0.3, 0.4) is 0 Å². The Bertz CT molecular complexity index is 467. The SMILES string of the molecule is CC(C(=O)Nc1cccc(N)c1)N(C)C1CCCCCC1. The van der Waals surface area contributed by atoms with Gasteiger partial charge in [0.15, 0.2) is 0 Å². The van der Waals surface area contributed by atoms with Gasteiger partial charge in [-0.05, 0) is 45.0 Å². The average Bonchev–Trinajstić information content (AvgIpc) is 2.74. The second-order valence-electron chi connectivity index (χ2n) is 6.10. The lowest BCUT2D eigenvalue weighted by atomic mass is 10.1. The summed E-state index contributed by atoms with van der Waals surface area (Å²) in [4.78, 5) is 14.6. The van der Waals surface area contributed by atoms with Gasteiger partial charge < -0.3 is 11.1 Å². The van der Waals surface area contributed by atoms with E-state index in [4.69, 9.17) is 5.73 Å². The van der Waals surface area contributed by atoms with Crippen molar-refractivity contribution in [1.29, 1.82) is 0 Å². The smallest absolute Gasteiger partial charge is 0.241 e. The van der Waals surface area contributed by atoms with Crippen LogP contribution < -0.4 is 11.1 Å². The Morgan fingerprint density at radius 3 is 2.57 bits per heavy atom. The topological polar surface area (TPSA) is 58.4 Å². The molecule has 1 amide bonds. The highest BCUT2D eigenvalue weighted by Gasteiger charge is 2.25. The molecule has 0 spiro atoms. The molecule has 2 rings (SSSR count). The van der Waals surface area contributed by atoms with E-state index in [1.807, 2.05) is 25.1 Å². The summed E-state index contributed by atoms with van der Waals surface area (Å²) in [5.74, 6) is 0.0346. The van der Waals surface area contributed by atoms with Crippen LogP contribution in [0, 0.1) is 0 Å². The highest BCUT2D eigenvalue weighted by Crippen LogP contribution is 2.23. The Morgan fingerprint density at radius 1 is 1.29 bits per heavy atom. The fourth-order valence-corrected chi connectivity index (χ4v) is 3.03. The number of nitrogens with one attached hydrogen (secondary N) is 1. The molecule has 1 atom stereocenters. The van der Waals surface area contributed by atoms with E-state index in [0.29, 0.717) is 11.7 Å². The van der Waals surface area contributed by atoms with Crippen LogP contribution in [0.5, 0.6) is 0 Å². The van der Waals surface area contributed by atoms with Crippen molar-refractivity contribution in [2.75, 3.05) is 18.1 Å². The Hall–Kier alpha value is -1.55. The van der Waals surface area contributed by atoms with Crippen LogP contribution in [-0.4, -0.2) is 29.9 Å². The zero-order valence-electron chi connectivity index (χ0n) is 13.1. The van der Waals surface area contributed by atoms with E-state index in [0.717, 1.165) is 5.69 Å². The number of nitrogen functional groups attached to an aromatic ring is 1. The van der Waals surface area contributed by atoms with Crippen molar-refractivity contribution in [3.63, 3.8) is 0 Å². The van der Waals surface area contributed by atoms with Gasteiger partial charge in [0.05, 0.1) is 6.04 Å². The van der Waals surface area contributed by atoms with E-state index < -0.39 is 0 Å². The van der Waals surface area contributed by atoms with Crippen LogP contribution in [-0.2, 0) is 4.79 Å². The van der Waals surface area contributed by atoms with Crippen LogP contribution in [0.4, 0.5) is 11.4 Å². The summed E-state index contributed by atoms with van der Waals surface area (Å²) in [6.45, 7) is 1.98. The Kier molecular flexibility index (Phi) is 5.62. The molecule has 0 bridgehead atoms. The van der Waals surface area contributed by atoms with Gasteiger partial charge in [0.25, 0.3) is 0 Å². The van der Waals surface area contributed by atoms with Crippen LogP contribution in [0.1, 0.15) is 45.4 Å². The first kappa shape index (κ1) is 15.8. The molecule has 0 radical (unpaired) electrons. The van der Waals surface area contributed by atoms with Crippen LogP contribution >= 0.6 is 0 Å². The van der Waals surface area contributed by atoms with Crippen LogP contribution in [0.25, 0.3) is 0 Å². The molecule has 0 aromatic heterocycles. The van der Waals surface area contributed by atoms with Crippen molar-refractivity contribution in [2.45, 2.75) is 57.5 Å². The number of hydrogen-bond acceptors (Lipinski definition) is 3. The Labute approximate surface area is 127 Å². The molecule has 1 aliphatic carbocycles. The first-order chi connectivity index (χ1) is 10.1. The molecule has 0 saturated heterocycles. The fraction of sp³-hybridized carbons (Fsp3) is 0.588. The van der Waals surface area contributed by atoms with Crippen molar-refractivity contribution >= 4 is 17.3 Å². The highest BCUT2D eigenvalue weighted by atomic mass is 16.2. The monoisotopic (exact) mass is 289 g/mol. The van der Waals surface area contributed by atoms with Crippen molar-refractivity contribution < 1.29 is 4.79 Å². The number of anilines is 2. The van der Waals surface area contributed by atoms with Crippen molar-refractivity contribution in [3.05, 3.63) is 24.3 Å². The summed E-state index contributed by atoms with van der Waals surface area (Å²) < 4.78 is 0. The predicted molar refractivity (Wildman–Crippen MR) is 88.2 cm³/mol. The molecule has 1 aromatic carbocycles. The maximum absolute atomic E-state index is 12.4. The predicted octanol–water partition coefficient (Wildman–Crippen LogP) is 3.25. The molecule has 116 valence electrons. The molecule has 1 fully saturated rings. The number of likely N-dealkylation sites (N-methyl/N-ethyl adjacent to an activating group) is 1.